The first-order chi connectivity index (χ1) is 11.0. The van der Waals surface area contributed by atoms with Crippen molar-refractivity contribution in [3.8, 4) is 5.75 Å². The number of esters is 1. The van der Waals surface area contributed by atoms with Crippen LogP contribution in [0.5, 0.6) is 5.75 Å². The monoisotopic (exact) mass is 327 g/mol. The van der Waals surface area contributed by atoms with E-state index in [1.165, 1.54) is 13.2 Å². The maximum absolute atomic E-state index is 12.3. The lowest BCUT2D eigenvalue weighted by Crippen LogP contribution is -2.31. The van der Waals surface area contributed by atoms with Gasteiger partial charge in [-0.25, -0.2) is 0 Å². The molecule has 1 aliphatic rings. The Balaban J connectivity index is 2.01. The van der Waals surface area contributed by atoms with Crippen LogP contribution in [0.1, 0.15) is 42.9 Å². The van der Waals surface area contributed by atoms with Gasteiger partial charge in [0.05, 0.1) is 19.6 Å². The molecule has 2 rings (SSSR count). The summed E-state index contributed by atoms with van der Waals surface area (Å²) in [6, 6.07) is 4.60. The number of methoxy groups -OCH3 is 1. The minimum absolute atomic E-state index is 0.0308. The highest BCUT2D eigenvalue weighted by molar-refractivity contribution is 5.81. The summed E-state index contributed by atoms with van der Waals surface area (Å²) in [5.41, 5.74) is 1.80. The van der Waals surface area contributed by atoms with Gasteiger partial charge in [0.2, 0.25) is 5.91 Å². The number of amides is 1. The average Bonchev–Trinajstić information content (AvgIpc) is 2.52. The summed E-state index contributed by atoms with van der Waals surface area (Å²) in [6.45, 7) is -2.86. The zero-order valence-corrected chi connectivity index (χ0v) is 12.8. The third-order valence-corrected chi connectivity index (χ3v) is 3.77. The van der Waals surface area contributed by atoms with Crippen molar-refractivity contribution in [2.24, 2.45) is 0 Å². The van der Waals surface area contributed by atoms with Crippen molar-refractivity contribution in [3.05, 3.63) is 29.3 Å². The molecule has 5 nitrogen and oxygen atoms in total. The number of rotatable bonds is 6. The Morgan fingerprint density at radius 3 is 2.83 bits per heavy atom. The molecule has 0 aliphatic heterocycles. The largest absolute Gasteiger partial charge is 0.469 e. The van der Waals surface area contributed by atoms with E-state index in [9.17, 15) is 18.4 Å². The summed E-state index contributed by atoms with van der Waals surface area (Å²) in [7, 11) is 1.27. The fourth-order valence-electron chi connectivity index (χ4n) is 2.70. The van der Waals surface area contributed by atoms with Crippen molar-refractivity contribution in [1.29, 1.82) is 0 Å². The van der Waals surface area contributed by atoms with E-state index in [4.69, 9.17) is 0 Å². The number of nitrogens with one attached hydrogen (secondary N) is 1. The lowest BCUT2D eigenvalue weighted by molar-refractivity contribution is -0.142. The number of benzene rings is 1. The van der Waals surface area contributed by atoms with Crippen molar-refractivity contribution >= 4 is 11.9 Å². The lowest BCUT2D eigenvalue weighted by atomic mass is 9.87. The Labute approximate surface area is 133 Å². The van der Waals surface area contributed by atoms with Crippen LogP contribution in [-0.4, -0.2) is 25.6 Å². The predicted molar refractivity (Wildman–Crippen MR) is 78.1 cm³/mol. The highest BCUT2D eigenvalue weighted by Gasteiger charge is 2.23. The van der Waals surface area contributed by atoms with Gasteiger partial charge in [-0.15, -0.1) is 0 Å². The standard InChI is InChI=1S/C16H19F2NO4/c1-22-15(21)8-7-14(20)19-13-4-2-3-10-9-11(23-16(17)18)5-6-12(10)13/h5-6,9,13,16H,2-4,7-8H2,1H3,(H,19,20)/t13-/m1/s1. The summed E-state index contributed by atoms with van der Waals surface area (Å²) >= 11 is 0. The van der Waals surface area contributed by atoms with Gasteiger partial charge in [0.15, 0.2) is 0 Å². The number of carbonyl (C=O) groups excluding carboxylic acids is 2. The van der Waals surface area contributed by atoms with Gasteiger partial charge in [-0.1, -0.05) is 6.07 Å². The van der Waals surface area contributed by atoms with Gasteiger partial charge in [0.1, 0.15) is 5.75 Å². The first-order valence-corrected chi connectivity index (χ1v) is 7.43. The van der Waals surface area contributed by atoms with Crippen LogP contribution in [0.2, 0.25) is 0 Å². The lowest BCUT2D eigenvalue weighted by Gasteiger charge is -2.27. The number of aryl methyl sites for hydroxylation is 1. The molecule has 126 valence electrons. The molecule has 0 fully saturated rings. The second-order valence-corrected chi connectivity index (χ2v) is 5.33. The summed E-state index contributed by atoms with van der Waals surface area (Å²) in [4.78, 5) is 23.0. The smallest absolute Gasteiger partial charge is 0.387 e. The van der Waals surface area contributed by atoms with E-state index < -0.39 is 12.6 Å². The third kappa shape index (κ3) is 4.91. The molecule has 1 N–H and O–H groups in total. The Bertz CT molecular complexity index is 577. The van der Waals surface area contributed by atoms with Gasteiger partial charge >= 0.3 is 12.6 Å². The minimum atomic E-state index is -2.86. The van der Waals surface area contributed by atoms with E-state index >= 15 is 0 Å². The van der Waals surface area contributed by atoms with Crippen molar-refractivity contribution in [1.82, 2.24) is 5.32 Å². The molecular weight excluding hydrogens is 308 g/mol. The molecule has 23 heavy (non-hydrogen) atoms. The van der Waals surface area contributed by atoms with Crippen LogP contribution >= 0.6 is 0 Å². The zero-order chi connectivity index (χ0) is 16.8. The molecule has 0 spiro atoms. The van der Waals surface area contributed by atoms with E-state index in [-0.39, 0.29) is 30.5 Å². The average molecular weight is 327 g/mol. The number of halogens is 2. The summed E-state index contributed by atoms with van der Waals surface area (Å²) in [5.74, 6) is -0.546. The molecule has 1 aromatic carbocycles. The van der Waals surface area contributed by atoms with Gasteiger partial charge in [0, 0.05) is 6.42 Å². The van der Waals surface area contributed by atoms with E-state index in [0.29, 0.717) is 0 Å². The number of fused-ring (bicyclic) bond motifs is 1. The summed E-state index contributed by atoms with van der Waals surface area (Å²) < 4.78 is 33.4. The highest BCUT2D eigenvalue weighted by atomic mass is 19.3. The van der Waals surface area contributed by atoms with Crippen LogP contribution in [0, 0.1) is 0 Å². The summed E-state index contributed by atoms with van der Waals surface area (Å²) in [5, 5.41) is 2.88. The molecule has 1 atom stereocenters. The quantitative estimate of drug-likeness (QED) is 0.816. The number of hydrogen-bond donors (Lipinski definition) is 1. The van der Waals surface area contributed by atoms with E-state index in [1.807, 2.05) is 0 Å². The number of hydrogen-bond acceptors (Lipinski definition) is 4. The first kappa shape index (κ1) is 17.2. The Morgan fingerprint density at radius 2 is 2.13 bits per heavy atom. The van der Waals surface area contributed by atoms with Crippen molar-refractivity contribution < 1.29 is 27.8 Å². The summed E-state index contributed by atoms with van der Waals surface area (Å²) in [6.07, 6.45) is 2.46. The van der Waals surface area contributed by atoms with Crippen molar-refractivity contribution in [2.75, 3.05) is 7.11 Å². The van der Waals surface area contributed by atoms with Gasteiger partial charge in [-0.3, -0.25) is 9.59 Å². The van der Waals surface area contributed by atoms with Gasteiger partial charge in [0.25, 0.3) is 0 Å². The molecule has 0 saturated carbocycles. The van der Waals surface area contributed by atoms with Crippen LogP contribution in [-0.2, 0) is 20.7 Å². The van der Waals surface area contributed by atoms with E-state index in [2.05, 4.69) is 14.8 Å². The Kier molecular flexibility index (Phi) is 5.90. The van der Waals surface area contributed by atoms with Gasteiger partial charge in [-0.05, 0) is 42.5 Å². The van der Waals surface area contributed by atoms with Crippen LogP contribution in [0.3, 0.4) is 0 Å². The predicted octanol–water partition coefficient (Wildman–Crippen LogP) is 2.73. The van der Waals surface area contributed by atoms with Gasteiger partial charge in [-0.2, -0.15) is 8.78 Å². The molecule has 0 saturated heterocycles. The molecule has 1 aliphatic carbocycles. The molecular formula is C16H19F2NO4. The second-order valence-electron chi connectivity index (χ2n) is 5.33. The Morgan fingerprint density at radius 1 is 1.35 bits per heavy atom. The number of ether oxygens (including phenoxy) is 2. The molecule has 0 unspecified atom stereocenters. The third-order valence-electron chi connectivity index (χ3n) is 3.77. The van der Waals surface area contributed by atoms with Crippen LogP contribution in [0.15, 0.2) is 18.2 Å². The molecule has 7 heteroatoms. The molecule has 0 heterocycles. The van der Waals surface area contributed by atoms with Crippen molar-refractivity contribution in [2.45, 2.75) is 44.8 Å². The van der Waals surface area contributed by atoms with Crippen LogP contribution in [0.25, 0.3) is 0 Å². The zero-order valence-electron chi connectivity index (χ0n) is 12.8. The SMILES string of the molecule is COC(=O)CCC(=O)N[C@@H]1CCCc2cc(OC(F)F)ccc21. The normalized spacial score (nSPS) is 16.6. The fourth-order valence-corrected chi connectivity index (χ4v) is 2.70. The van der Waals surface area contributed by atoms with E-state index in [1.54, 1.807) is 12.1 Å². The van der Waals surface area contributed by atoms with Crippen LogP contribution in [0.4, 0.5) is 8.78 Å². The number of alkyl halides is 2. The molecule has 0 bridgehead atoms. The number of carbonyl (C=O) groups is 2. The molecule has 0 radical (unpaired) electrons. The molecule has 1 aromatic rings. The minimum Gasteiger partial charge on any atom is -0.469 e. The molecule has 0 aromatic heterocycles. The topological polar surface area (TPSA) is 64.6 Å². The van der Waals surface area contributed by atoms with Gasteiger partial charge < -0.3 is 14.8 Å². The first-order valence-electron chi connectivity index (χ1n) is 7.43. The fraction of sp³-hybridized carbons (Fsp3) is 0.500. The van der Waals surface area contributed by atoms with Crippen LogP contribution < -0.4 is 10.1 Å². The highest BCUT2D eigenvalue weighted by Crippen LogP contribution is 2.32. The van der Waals surface area contributed by atoms with E-state index in [0.717, 1.165) is 30.4 Å². The maximum Gasteiger partial charge on any atom is 0.387 e. The maximum atomic E-state index is 12.3. The Hall–Kier alpha value is -2.18. The second kappa shape index (κ2) is 7.89. The molecule has 1 amide bonds. The van der Waals surface area contributed by atoms with Crippen molar-refractivity contribution in [3.63, 3.8) is 0 Å².